The van der Waals surface area contributed by atoms with Gasteiger partial charge in [-0.05, 0) is 50.1 Å². The molecule has 3 aromatic rings. The number of nitrogens with zero attached hydrogens (tertiary/aromatic N) is 5. The molecule has 0 radical (unpaired) electrons. The lowest BCUT2D eigenvalue weighted by Crippen LogP contribution is -2.53. The van der Waals surface area contributed by atoms with Crippen LogP contribution in [0.3, 0.4) is 0 Å². The molecule has 1 N–H and O–H groups in total. The zero-order valence-electron chi connectivity index (χ0n) is 25.7. The number of nitro benzene ring substituents is 1. The maximum Gasteiger partial charge on any atom is 0.269 e. The fraction of sp³-hybridized carbons (Fsp3) is 0.562. The maximum absolute atomic E-state index is 15.2. The molecule has 2 aromatic carbocycles. The first-order chi connectivity index (χ1) is 22.2. The van der Waals surface area contributed by atoms with Crippen LogP contribution in [0.2, 0.25) is 0 Å². The summed E-state index contributed by atoms with van der Waals surface area (Å²) in [5.41, 5.74) is 1.30. The van der Waals surface area contributed by atoms with Crippen molar-refractivity contribution < 1.29 is 23.2 Å². The highest BCUT2D eigenvalue weighted by Crippen LogP contribution is 2.34. The smallest absolute Gasteiger partial charge is 0.269 e. The Morgan fingerprint density at radius 2 is 1.76 bits per heavy atom. The van der Waals surface area contributed by atoms with Crippen molar-refractivity contribution in [2.75, 3.05) is 77.1 Å². The van der Waals surface area contributed by atoms with Crippen LogP contribution >= 0.6 is 11.8 Å². The molecule has 46 heavy (non-hydrogen) atoms. The summed E-state index contributed by atoms with van der Waals surface area (Å²) in [5, 5.41) is 11.8. The molecular formula is C32H40F2N6O5S. The SMILES string of the molecule is O=c1[nH]c(CSC2CCOCC2)nc2cc(OCC3CCN(CCN4CCN(c5ccc([N+](=O)[O-])cc5)CC4)CC3(F)F)ccc12. The summed E-state index contributed by atoms with van der Waals surface area (Å²) in [5.74, 6) is -2.17. The van der Waals surface area contributed by atoms with E-state index in [4.69, 9.17) is 9.47 Å². The number of ether oxygens (including phenoxy) is 2. The minimum Gasteiger partial charge on any atom is -0.493 e. The molecule has 0 saturated carbocycles. The number of anilines is 1. The number of H-pyrrole nitrogens is 1. The Morgan fingerprint density at radius 3 is 2.48 bits per heavy atom. The highest BCUT2D eigenvalue weighted by Gasteiger charge is 2.44. The lowest BCUT2D eigenvalue weighted by molar-refractivity contribution is -0.384. The van der Waals surface area contributed by atoms with E-state index >= 15 is 8.78 Å². The standard InChI is InChI=1S/C32H40F2N6O5S/c33-32(34)22-38(12-11-37-13-15-39(16-14-37)24-1-3-25(4-2-24)40(42)43)10-7-23(32)20-45-26-5-6-28-29(19-26)35-30(36-31(28)41)21-46-27-8-17-44-18-9-27/h1-6,19,23,27H,7-18,20-22H2,(H,35,36,41). The summed E-state index contributed by atoms with van der Waals surface area (Å²) in [6.07, 6.45) is 2.30. The zero-order valence-corrected chi connectivity index (χ0v) is 26.6. The summed E-state index contributed by atoms with van der Waals surface area (Å²) in [6.45, 7) is 6.14. The Hall–Kier alpha value is -3.33. The Labute approximate surface area is 270 Å². The minimum atomic E-state index is -2.88. The second kappa shape index (κ2) is 14.6. The lowest BCUT2D eigenvalue weighted by Gasteiger charge is -2.40. The van der Waals surface area contributed by atoms with Crippen LogP contribution in [0.15, 0.2) is 47.3 Å². The molecule has 3 fully saturated rings. The fourth-order valence-electron chi connectivity index (χ4n) is 6.31. The van der Waals surface area contributed by atoms with Crippen LogP contribution < -0.4 is 15.2 Å². The molecule has 0 aliphatic carbocycles. The minimum absolute atomic E-state index is 0.0724. The number of non-ortho nitro benzene ring substituents is 1. The maximum atomic E-state index is 15.2. The Balaban J connectivity index is 0.956. The number of nitro groups is 1. The van der Waals surface area contributed by atoms with Crippen LogP contribution in [-0.4, -0.2) is 108 Å². The predicted molar refractivity (Wildman–Crippen MR) is 174 cm³/mol. The molecule has 0 bridgehead atoms. The third-order valence-corrected chi connectivity index (χ3v) is 10.5. The molecule has 3 saturated heterocycles. The fourth-order valence-corrected chi connectivity index (χ4v) is 7.37. The molecule has 0 amide bonds. The van der Waals surface area contributed by atoms with Gasteiger partial charge in [0.05, 0.1) is 40.6 Å². The van der Waals surface area contributed by atoms with Crippen LogP contribution in [0.5, 0.6) is 5.75 Å². The van der Waals surface area contributed by atoms with Crippen molar-refractivity contribution in [1.29, 1.82) is 0 Å². The third kappa shape index (κ3) is 8.14. The zero-order chi connectivity index (χ0) is 32.1. The molecule has 3 aliphatic rings. The molecule has 6 rings (SSSR count). The number of nitrogens with one attached hydrogen (secondary N) is 1. The quantitative estimate of drug-likeness (QED) is 0.235. The van der Waals surface area contributed by atoms with Gasteiger partial charge in [-0.25, -0.2) is 13.8 Å². The molecule has 11 nitrogen and oxygen atoms in total. The van der Waals surface area contributed by atoms with Crippen molar-refractivity contribution in [2.45, 2.75) is 36.2 Å². The van der Waals surface area contributed by atoms with E-state index < -0.39 is 16.8 Å². The van der Waals surface area contributed by atoms with Crippen LogP contribution in [0, 0.1) is 16.0 Å². The van der Waals surface area contributed by atoms with Crippen molar-refractivity contribution in [3.63, 3.8) is 0 Å². The lowest BCUT2D eigenvalue weighted by atomic mass is 9.93. The number of hydrogen-bond donors (Lipinski definition) is 1. The van der Waals surface area contributed by atoms with Crippen molar-refractivity contribution in [3.05, 3.63) is 68.8 Å². The molecule has 1 aromatic heterocycles. The molecule has 1 unspecified atom stereocenters. The van der Waals surface area contributed by atoms with Crippen molar-refractivity contribution in [1.82, 2.24) is 19.8 Å². The highest BCUT2D eigenvalue weighted by molar-refractivity contribution is 7.99. The van der Waals surface area contributed by atoms with E-state index in [0.29, 0.717) is 59.5 Å². The van der Waals surface area contributed by atoms with Gasteiger partial charge in [0.25, 0.3) is 17.2 Å². The van der Waals surface area contributed by atoms with Gasteiger partial charge in [0.15, 0.2) is 0 Å². The number of thioether (sulfide) groups is 1. The highest BCUT2D eigenvalue weighted by atomic mass is 32.2. The van der Waals surface area contributed by atoms with E-state index in [1.807, 2.05) is 4.90 Å². The number of aromatic amines is 1. The van der Waals surface area contributed by atoms with E-state index in [0.717, 1.165) is 57.9 Å². The first-order valence-corrected chi connectivity index (χ1v) is 17.0. The van der Waals surface area contributed by atoms with Crippen LogP contribution in [0.4, 0.5) is 20.2 Å². The van der Waals surface area contributed by atoms with E-state index in [9.17, 15) is 14.9 Å². The van der Waals surface area contributed by atoms with Gasteiger partial charge >= 0.3 is 0 Å². The van der Waals surface area contributed by atoms with Gasteiger partial charge in [0, 0.05) is 81.6 Å². The molecular weight excluding hydrogens is 618 g/mol. The Bertz CT molecular complexity index is 1550. The molecule has 14 heteroatoms. The summed E-state index contributed by atoms with van der Waals surface area (Å²) >= 11 is 1.76. The second-order valence-electron chi connectivity index (χ2n) is 12.3. The Kier molecular flexibility index (Phi) is 10.4. The largest absolute Gasteiger partial charge is 0.493 e. The average molecular weight is 659 g/mol. The number of piperazine rings is 1. The van der Waals surface area contributed by atoms with Gasteiger partial charge in [-0.2, -0.15) is 11.8 Å². The summed E-state index contributed by atoms with van der Waals surface area (Å²) in [4.78, 5) is 37.0. The van der Waals surface area contributed by atoms with Crippen LogP contribution in [0.1, 0.15) is 25.1 Å². The molecule has 248 valence electrons. The second-order valence-corrected chi connectivity index (χ2v) is 13.5. The van der Waals surface area contributed by atoms with Crippen LogP contribution in [-0.2, 0) is 10.5 Å². The molecule has 0 spiro atoms. The molecule has 4 heterocycles. The predicted octanol–water partition coefficient (Wildman–Crippen LogP) is 4.40. The number of rotatable bonds is 11. The van der Waals surface area contributed by atoms with E-state index in [2.05, 4.69) is 19.8 Å². The van der Waals surface area contributed by atoms with E-state index in [1.54, 1.807) is 42.1 Å². The summed E-state index contributed by atoms with van der Waals surface area (Å²) < 4.78 is 41.8. The third-order valence-electron chi connectivity index (χ3n) is 9.16. The van der Waals surface area contributed by atoms with Crippen molar-refractivity contribution >= 4 is 34.0 Å². The monoisotopic (exact) mass is 658 g/mol. The van der Waals surface area contributed by atoms with Crippen LogP contribution in [0.25, 0.3) is 10.9 Å². The number of alkyl halides is 2. The number of piperidine rings is 1. The van der Waals surface area contributed by atoms with Gasteiger partial charge in [-0.15, -0.1) is 0 Å². The van der Waals surface area contributed by atoms with Gasteiger partial charge in [-0.3, -0.25) is 24.7 Å². The van der Waals surface area contributed by atoms with Gasteiger partial charge in [0.2, 0.25) is 0 Å². The van der Waals surface area contributed by atoms with Gasteiger partial charge in [-0.1, -0.05) is 0 Å². The summed E-state index contributed by atoms with van der Waals surface area (Å²) in [7, 11) is 0. The topological polar surface area (TPSA) is 117 Å². The normalized spacial score (nSPS) is 21.4. The number of aromatic nitrogens is 2. The summed E-state index contributed by atoms with van der Waals surface area (Å²) in [6, 6.07) is 11.5. The number of likely N-dealkylation sites (tertiary alicyclic amines) is 1. The first kappa shape index (κ1) is 32.6. The molecule has 1 atom stereocenters. The van der Waals surface area contributed by atoms with Crippen molar-refractivity contribution in [2.24, 2.45) is 5.92 Å². The van der Waals surface area contributed by atoms with Crippen molar-refractivity contribution in [3.8, 4) is 5.75 Å². The Morgan fingerprint density at radius 1 is 1.02 bits per heavy atom. The number of benzene rings is 2. The number of fused-ring (bicyclic) bond motifs is 1. The first-order valence-electron chi connectivity index (χ1n) is 15.9. The number of halogens is 2. The van der Waals surface area contributed by atoms with E-state index in [-0.39, 0.29) is 24.4 Å². The average Bonchev–Trinajstić information content (AvgIpc) is 3.06. The number of hydrogen-bond acceptors (Lipinski definition) is 10. The molecule has 3 aliphatic heterocycles. The van der Waals surface area contributed by atoms with Gasteiger partial charge in [0.1, 0.15) is 11.6 Å². The van der Waals surface area contributed by atoms with Gasteiger partial charge < -0.3 is 19.4 Å². The van der Waals surface area contributed by atoms with E-state index in [1.165, 1.54) is 12.1 Å².